The number of pyridine rings is 2. The van der Waals surface area contributed by atoms with E-state index in [0.717, 1.165) is 25.9 Å². The number of rotatable bonds is 4. The minimum Gasteiger partial charge on any atom is -0.496 e. The number of hydrogen-bond acceptors (Lipinski definition) is 5. The maximum Gasteiger partial charge on any atom is 0.433 e. The van der Waals surface area contributed by atoms with Crippen molar-refractivity contribution in [2.45, 2.75) is 32.0 Å². The zero-order chi connectivity index (χ0) is 20.1. The predicted octanol–water partition coefficient (Wildman–Crippen LogP) is 3.76. The van der Waals surface area contributed by atoms with Crippen LogP contribution in [0.3, 0.4) is 0 Å². The lowest BCUT2D eigenvalue weighted by Crippen LogP contribution is -2.63. The summed E-state index contributed by atoms with van der Waals surface area (Å²) in [6.07, 6.45) is 1.25. The lowest BCUT2D eigenvalue weighted by Gasteiger charge is -2.60. The van der Waals surface area contributed by atoms with E-state index in [1.165, 1.54) is 13.1 Å². The van der Waals surface area contributed by atoms with Crippen LogP contribution < -0.4 is 9.64 Å². The second-order valence-electron chi connectivity index (χ2n) is 7.94. The van der Waals surface area contributed by atoms with Crippen LogP contribution in [0, 0.1) is 18.3 Å². The van der Waals surface area contributed by atoms with Crippen molar-refractivity contribution >= 4 is 5.69 Å². The molecule has 0 radical (unpaired) electrons. The molecule has 1 aliphatic heterocycles. The molecule has 150 valence electrons. The van der Waals surface area contributed by atoms with Crippen LogP contribution in [0.25, 0.3) is 0 Å². The Kier molecular flexibility index (Phi) is 4.49. The summed E-state index contributed by atoms with van der Waals surface area (Å²) < 4.78 is 43.9. The Labute approximate surface area is 161 Å². The van der Waals surface area contributed by atoms with Gasteiger partial charge >= 0.3 is 6.18 Å². The third-order valence-electron chi connectivity index (χ3n) is 5.94. The summed E-state index contributed by atoms with van der Waals surface area (Å²) in [5.74, 6) is 0.762. The monoisotopic (exact) mass is 393 g/mol. The van der Waals surface area contributed by atoms with Gasteiger partial charge in [0.2, 0.25) is 0 Å². The van der Waals surface area contributed by atoms with Gasteiger partial charge in [-0.3, -0.25) is 4.98 Å². The number of hydrogen-bond donors (Lipinski definition) is 1. The van der Waals surface area contributed by atoms with E-state index >= 15 is 0 Å². The highest BCUT2D eigenvalue weighted by Crippen LogP contribution is 2.57. The van der Waals surface area contributed by atoms with Gasteiger partial charge in [-0.2, -0.15) is 13.2 Å². The van der Waals surface area contributed by atoms with Gasteiger partial charge in [0.15, 0.2) is 0 Å². The summed E-state index contributed by atoms with van der Waals surface area (Å²) in [5.41, 5.74) is 0.843. The van der Waals surface area contributed by atoms with Gasteiger partial charge < -0.3 is 14.7 Å². The van der Waals surface area contributed by atoms with Crippen LogP contribution in [0.15, 0.2) is 30.7 Å². The molecule has 0 aromatic carbocycles. The van der Waals surface area contributed by atoms with Gasteiger partial charge in [-0.15, -0.1) is 0 Å². The molecule has 1 aliphatic carbocycles. The van der Waals surface area contributed by atoms with E-state index in [1.807, 2.05) is 4.90 Å². The van der Waals surface area contributed by atoms with Crippen LogP contribution in [0.4, 0.5) is 18.9 Å². The lowest BCUT2D eigenvalue weighted by molar-refractivity contribution is -0.141. The molecule has 2 aromatic rings. The highest BCUT2D eigenvalue weighted by Gasteiger charge is 2.54. The number of aliphatic hydroxyl groups excluding tert-OH is 1. The van der Waals surface area contributed by atoms with E-state index in [4.69, 9.17) is 4.74 Å². The molecule has 2 aliphatic rings. The minimum atomic E-state index is -4.43. The average Bonchev–Trinajstić information content (AvgIpc) is 2.58. The van der Waals surface area contributed by atoms with Crippen molar-refractivity contribution in [3.05, 3.63) is 47.5 Å². The number of aryl methyl sites for hydroxylation is 1. The average molecular weight is 393 g/mol. The van der Waals surface area contributed by atoms with Gasteiger partial charge in [-0.1, -0.05) is 0 Å². The number of nitrogens with zero attached hydrogens (tertiary/aromatic N) is 3. The number of aliphatic hydroxyl groups is 1. The standard InChI is InChI=1S/C20H22F3N3O2/c1-12-5-14(8-25-18(12)20(21,22)23)26-10-19(11-26)6-13(7-19)17(27)15-9-24-4-3-16(15)28-2/h3-5,8-9,13,17,27H,6-7,10-11H2,1-2H3. The van der Waals surface area contributed by atoms with E-state index in [-0.39, 0.29) is 16.9 Å². The Hall–Kier alpha value is -2.35. The summed E-state index contributed by atoms with van der Waals surface area (Å²) in [6.45, 7) is 2.98. The molecule has 0 amide bonds. The topological polar surface area (TPSA) is 58.5 Å². The SMILES string of the molecule is COc1ccncc1C(O)C1CC2(C1)CN(c1cnc(C(F)(F)F)c(C)c1)C2. The van der Waals surface area contributed by atoms with Gasteiger partial charge in [0.25, 0.3) is 0 Å². The van der Waals surface area contributed by atoms with Crippen LogP contribution in [0.1, 0.15) is 35.8 Å². The van der Waals surface area contributed by atoms with Gasteiger partial charge in [-0.25, -0.2) is 4.98 Å². The van der Waals surface area contributed by atoms with Crippen molar-refractivity contribution in [3.63, 3.8) is 0 Å². The molecule has 28 heavy (non-hydrogen) atoms. The Bertz CT molecular complexity index is 873. The Morgan fingerprint density at radius 2 is 2.00 bits per heavy atom. The molecule has 1 spiro atoms. The summed E-state index contributed by atoms with van der Waals surface area (Å²) in [5, 5.41) is 10.7. The van der Waals surface area contributed by atoms with E-state index in [0.29, 0.717) is 17.0 Å². The fourth-order valence-electron chi connectivity index (χ4n) is 4.57. The fraction of sp³-hybridized carbons (Fsp3) is 0.500. The van der Waals surface area contributed by atoms with E-state index in [2.05, 4.69) is 9.97 Å². The number of aromatic nitrogens is 2. The third-order valence-corrected chi connectivity index (χ3v) is 5.94. The van der Waals surface area contributed by atoms with E-state index < -0.39 is 18.0 Å². The molecule has 0 bridgehead atoms. The molecule has 2 aromatic heterocycles. The third kappa shape index (κ3) is 3.19. The first-order chi connectivity index (χ1) is 13.2. The first kappa shape index (κ1) is 19.0. The van der Waals surface area contributed by atoms with E-state index in [1.54, 1.807) is 31.6 Å². The van der Waals surface area contributed by atoms with Crippen LogP contribution in [0.5, 0.6) is 5.75 Å². The Balaban J connectivity index is 1.37. The van der Waals surface area contributed by atoms with Crippen LogP contribution >= 0.6 is 0 Å². The Morgan fingerprint density at radius 1 is 1.29 bits per heavy atom. The summed E-state index contributed by atoms with van der Waals surface area (Å²) >= 11 is 0. The number of ether oxygens (including phenoxy) is 1. The lowest BCUT2D eigenvalue weighted by atomic mass is 9.55. The number of halogens is 3. The van der Waals surface area contributed by atoms with Gasteiger partial charge in [0.1, 0.15) is 11.4 Å². The van der Waals surface area contributed by atoms with Crippen molar-refractivity contribution in [2.24, 2.45) is 11.3 Å². The second kappa shape index (κ2) is 6.62. The van der Waals surface area contributed by atoms with E-state index in [9.17, 15) is 18.3 Å². The highest BCUT2D eigenvalue weighted by atomic mass is 19.4. The first-order valence-electron chi connectivity index (χ1n) is 9.17. The summed E-state index contributed by atoms with van der Waals surface area (Å²) in [4.78, 5) is 9.74. The molecule has 2 fully saturated rings. The van der Waals surface area contributed by atoms with Crippen molar-refractivity contribution in [1.82, 2.24) is 9.97 Å². The van der Waals surface area contributed by atoms with Gasteiger partial charge in [-0.05, 0) is 43.4 Å². The molecule has 4 rings (SSSR count). The van der Waals surface area contributed by atoms with Crippen molar-refractivity contribution in [2.75, 3.05) is 25.1 Å². The minimum absolute atomic E-state index is 0.123. The number of methoxy groups -OCH3 is 1. The number of anilines is 1. The highest BCUT2D eigenvalue weighted by molar-refractivity contribution is 5.51. The smallest absolute Gasteiger partial charge is 0.433 e. The molecular weight excluding hydrogens is 371 g/mol. The molecule has 1 saturated heterocycles. The maximum absolute atomic E-state index is 12.9. The largest absolute Gasteiger partial charge is 0.496 e. The van der Waals surface area contributed by atoms with Crippen LogP contribution in [-0.2, 0) is 6.18 Å². The van der Waals surface area contributed by atoms with Crippen LogP contribution in [0.2, 0.25) is 0 Å². The number of alkyl halides is 3. The van der Waals surface area contributed by atoms with Gasteiger partial charge in [0, 0.05) is 36.5 Å². The van der Waals surface area contributed by atoms with Crippen molar-refractivity contribution < 1.29 is 23.0 Å². The normalized spacial score (nSPS) is 19.9. The molecule has 3 heterocycles. The predicted molar refractivity (Wildman–Crippen MR) is 97.1 cm³/mol. The molecular formula is C20H22F3N3O2. The molecule has 8 heteroatoms. The van der Waals surface area contributed by atoms with Crippen LogP contribution in [-0.4, -0.2) is 35.3 Å². The maximum atomic E-state index is 12.9. The molecule has 1 unspecified atom stereocenters. The molecule has 5 nitrogen and oxygen atoms in total. The van der Waals surface area contributed by atoms with Crippen molar-refractivity contribution in [3.8, 4) is 5.75 Å². The van der Waals surface area contributed by atoms with Crippen molar-refractivity contribution in [1.29, 1.82) is 0 Å². The Morgan fingerprint density at radius 3 is 2.61 bits per heavy atom. The summed E-state index contributed by atoms with van der Waals surface area (Å²) in [6, 6.07) is 3.28. The molecule has 1 saturated carbocycles. The zero-order valence-corrected chi connectivity index (χ0v) is 15.7. The fourth-order valence-corrected chi connectivity index (χ4v) is 4.57. The molecule has 1 N–H and O–H groups in total. The first-order valence-corrected chi connectivity index (χ1v) is 9.17. The van der Waals surface area contributed by atoms with Gasteiger partial charge in [0.05, 0.1) is 25.1 Å². The second-order valence-corrected chi connectivity index (χ2v) is 7.94. The molecule has 1 atom stereocenters. The zero-order valence-electron chi connectivity index (χ0n) is 15.7. The quantitative estimate of drug-likeness (QED) is 0.857. The summed E-state index contributed by atoms with van der Waals surface area (Å²) in [7, 11) is 1.57.